The van der Waals surface area contributed by atoms with E-state index in [0.717, 1.165) is 11.8 Å². The number of nitrogens with zero attached hydrogens (tertiary/aromatic N) is 1. The van der Waals surface area contributed by atoms with Crippen LogP contribution in [-0.2, 0) is 21.7 Å². The van der Waals surface area contributed by atoms with Gasteiger partial charge in [-0.3, -0.25) is 0 Å². The van der Waals surface area contributed by atoms with Gasteiger partial charge in [0.15, 0.2) is 0 Å². The predicted molar refractivity (Wildman–Crippen MR) is 81.1 cm³/mol. The largest absolute Gasteiger partial charge is 4.00 e. The molecule has 0 bridgehead atoms. The Morgan fingerprint density at radius 3 is 1.89 bits per heavy atom. The third kappa shape index (κ3) is 7.27. The molecule has 2 rings (SSSR count). The Morgan fingerprint density at radius 2 is 1.37 bits per heavy atom. The molecule has 112 valence electrons. The van der Waals surface area contributed by atoms with Gasteiger partial charge in [0.25, 0.3) is 0 Å². The fourth-order valence-electron chi connectivity index (χ4n) is 3.63. The first-order chi connectivity index (χ1) is 7.27. The Labute approximate surface area is 137 Å². The summed E-state index contributed by atoms with van der Waals surface area (Å²) in [5.41, 5.74) is 0. The van der Waals surface area contributed by atoms with Crippen molar-refractivity contribution in [3.8, 4) is 0 Å². The van der Waals surface area contributed by atoms with Gasteiger partial charge in [0.1, 0.15) is 0 Å². The van der Waals surface area contributed by atoms with Crippen molar-refractivity contribution in [2.45, 2.75) is 63.8 Å². The normalized spacial score (nSPS) is 26.7. The minimum atomic E-state index is 0. The number of hydroxylamine groups is 2. The maximum atomic E-state index is 9.65. The molecule has 0 aliphatic heterocycles. The summed E-state index contributed by atoms with van der Waals surface area (Å²) in [4.78, 5) is 0. The first-order valence-electron chi connectivity index (χ1n) is 6.69. The maximum Gasteiger partial charge on any atom is 4.00 e. The van der Waals surface area contributed by atoms with E-state index in [2.05, 4.69) is 0 Å². The van der Waals surface area contributed by atoms with Crippen LogP contribution in [0.2, 0.25) is 0 Å². The van der Waals surface area contributed by atoms with E-state index in [1.54, 1.807) is 0 Å². The quantitative estimate of drug-likeness (QED) is 0.460. The van der Waals surface area contributed by atoms with E-state index < -0.39 is 0 Å². The molecule has 0 aromatic carbocycles. The zero-order valence-electron chi connectivity index (χ0n) is 13.5. The maximum absolute atomic E-state index is 9.65. The smallest absolute Gasteiger partial charge is 0.358 e. The molecular weight excluding hydrogens is 270 g/mol. The summed E-state index contributed by atoms with van der Waals surface area (Å²) in [6.45, 7) is 0. The number of rotatable bonds is 3. The molecule has 0 aromatic rings. The van der Waals surface area contributed by atoms with Crippen molar-refractivity contribution in [3.05, 3.63) is 22.3 Å². The Bertz CT molecular complexity index is 193. The topological polar surface area (TPSA) is 23.5 Å². The van der Waals surface area contributed by atoms with Crippen LogP contribution < -0.4 is 0 Å². The van der Waals surface area contributed by atoms with Crippen LogP contribution in [0, 0.1) is 34.1 Å². The van der Waals surface area contributed by atoms with Crippen molar-refractivity contribution in [1.82, 2.24) is 5.06 Å². The monoisotopic (exact) mass is 304 g/mol. The zero-order chi connectivity index (χ0) is 10.7. The minimum absolute atomic E-state index is 0. The van der Waals surface area contributed by atoms with Crippen LogP contribution in [0.1, 0.15) is 57.8 Å². The van der Waals surface area contributed by atoms with E-state index in [1.807, 2.05) is 7.05 Å². The molecule has 2 aliphatic carbocycles. The molecule has 0 radical (unpaired) electrons. The van der Waals surface area contributed by atoms with E-state index in [0.29, 0.717) is 6.04 Å². The third-order valence-electron chi connectivity index (χ3n) is 4.46. The first kappa shape index (κ1) is 24.6. The molecule has 2 saturated carbocycles. The van der Waals surface area contributed by atoms with Gasteiger partial charge in [0.05, 0.1) is 0 Å². The summed E-state index contributed by atoms with van der Waals surface area (Å²) in [7, 11) is 1.83. The molecule has 0 spiro atoms. The summed E-state index contributed by atoms with van der Waals surface area (Å²) in [5, 5.41) is 11.1. The first-order valence-corrected chi connectivity index (χ1v) is 6.69. The Balaban J connectivity index is -0.000000640. The standard InChI is InChI=1S/C13H25NO.3CH3.Ti/c1-14(15)13-9-5-4-8-12(13)10-11-6-2-3-7-11;;;;/h11-13,15H,2-10H2,1H3;3*1H3;/q;3*-1;+4. The third-order valence-corrected chi connectivity index (χ3v) is 4.46. The van der Waals surface area contributed by atoms with Crippen LogP contribution in [-0.4, -0.2) is 23.4 Å². The van der Waals surface area contributed by atoms with E-state index in [9.17, 15) is 5.21 Å². The van der Waals surface area contributed by atoms with E-state index in [1.165, 1.54) is 62.9 Å². The number of hydrogen-bond acceptors (Lipinski definition) is 2. The second-order valence-corrected chi connectivity index (χ2v) is 5.57. The van der Waals surface area contributed by atoms with E-state index in [-0.39, 0.29) is 44.0 Å². The van der Waals surface area contributed by atoms with Gasteiger partial charge in [0, 0.05) is 13.1 Å². The fraction of sp³-hybridized carbons (Fsp3) is 0.812. The van der Waals surface area contributed by atoms with Gasteiger partial charge in [-0.15, -0.1) is 0 Å². The van der Waals surface area contributed by atoms with Gasteiger partial charge in [-0.25, -0.2) is 0 Å². The van der Waals surface area contributed by atoms with Gasteiger partial charge in [0.2, 0.25) is 0 Å². The molecule has 2 unspecified atom stereocenters. The summed E-state index contributed by atoms with van der Waals surface area (Å²) >= 11 is 0. The second-order valence-electron chi connectivity index (χ2n) is 5.57. The van der Waals surface area contributed by atoms with Gasteiger partial charge in [-0.05, 0) is 31.1 Å². The second kappa shape index (κ2) is 12.4. The molecule has 0 heterocycles. The molecule has 2 atom stereocenters. The molecule has 19 heavy (non-hydrogen) atoms. The minimum Gasteiger partial charge on any atom is -0.358 e. The van der Waals surface area contributed by atoms with E-state index in [4.69, 9.17) is 0 Å². The van der Waals surface area contributed by atoms with Crippen molar-refractivity contribution in [2.24, 2.45) is 11.8 Å². The van der Waals surface area contributed by atoms with Crippen molar-refractivity contribution in [1.29, 1.82) is 0 Å². The molecule has 2 aliphatic rings. The Morgan fingerprint density at radius 1 is 0.895 bits per heavy atom. The van der Waals surface area contributed by atoms with E-state index >= 15 is 0 Å². The summed E-state index contributed by atoms with van der Waals surface area (Å²) in [6, 6.07) is 0.444. The molecule has 0 amide bonds. The van der Waals surface area contributed by atoms with Gasteiger partial charge in [-0.1, -0.05) is 38.5 Å². The molecule has 2 fully saturated rings. The molecule has 0 saturated heterocycles. The molecule has 2 nitrogen and oxygen atoms in total. The van der Waals surface area contributed by atoms with Crippen LogP contribution in [0.15, 0.2) is 0 Å². The summed E-state index contributed by atoms with van der Waals surface area (Å²) in [5.74, 6) is 1.73. The zero-order valence-corrected chi connectivity index (χ0v) is 15.1. The van der Waals surface area contributed by atoms with Crippen molar-refractivity contribution < 1.29 is 26.9 Å². The molecular formula is C16H34NOTi+. The van der Waals surface area contributed by atoms with Gasteiger partial charge < -0.3 is 27.5 Å². The average molecular weight is 304 g/mol. The van der Waals surface area contributed by atoms with Crippen molar-refractivity contribution >= 4 is 0 Å². The molecule has 3 heteroatoms. The van der Waals surface area contributed by atoms with Crippen molar-refractivity contribution in [2.75, 3.05) is 7.05 Å². The van der Waals surface area contributed by atoms with Gasteiger partial charge in [-0.2, -0.15) is 5.06 Å². The van der Waals surface area contributed by atoms with Crippen LogP contribution in [0.3, 0.4) is 0 Å². The van der Waals surface area contributed by atoms with Crippen LogP contribution in [0.25, 0.3) is 0 Å². The summed E-state index contributed by atoms with van der Waals surface area (Å²) < 4.78 is 0. The van der Waals surface area contributed by atoms with Crippen LogP contribution >= 0.6 is 0 Å². The van der Waals surface area contributed by atoms with Crippen molar-refractivity contribution in [3.63, 3.8) is 0 Å². The van der Waals surface area contributed by atoms with Crippen LogP contribution in [0.5, 0.6) is 0 Å². The molecule has 0 aromatic heterocycles. The number of hydrogen-bond donors (Lipinski definition) is 1. The van der Waals surface area contributed by atoms with Gasteiger partial charge >= 0.3 is 21.7 Å². The Kier molecular flexibility index (Phi) is 16.1. The SMILES string of the molecule is CN(O)C1CCCCC1CC1CCCC1.[CH3-].[CH3-].[CH3-].[Ti+4]. The fourth-order valence-corrected chi connectivity index (χ4v) is 3.63. The summed E-state index contributed by atoms with van der Waals surface area (Å²) in [6.07, 6.45) is 12.4. The molecule has 1 N–H and O–H groups in total. The Hall–Kier alpha value is 0.634. The average Bonchev–Trinajstić information content (AvgIpc) is 2.71. The van der Waals surface area contributed by atoms with Crippen LogP contribution in [0.4, 0.5) is 0 Å². The predicted octanol–water partition coefficient (Wildman–Crippen LogP) is 4.79.